The van der Waals surface area contributed by atoms with Crippen LogP contribution >= 0.6 is 0 Å². The van der Waals surface area contributed by atoms with Crippen LogP contribution in [0.15, 0.2) is 29.4 Å². The van der Waals surface area contributed by atoms with Crippen molar-refractivity contribution in [3.8, 4) is 0 Å². The number of nitrogens with one attached hydrogen (secondary N) is 1. The summed E-state index contributed by atoms with van der Waals surface area (Å²) in [5.74, 6) is 0.567. The number of fused-ring (bicyclic) bond motifs is 3. The van der Waals surface area contributed by atoms with E-state index in [1.165, 1.54) is 16.8 Å². The van der Waals surface area contributed by atoms with E-state index >= 15 is 0 Å². The second-order valence-electron chi connectivity index (χ2n) is 5.86. The summed E-state index contributed by atoms with van der Waals surface area (Å²) in [4.78, 5) is 0. The zero-order valence-electron chi connectivity index (χ0n) is 10.1. The Morgan fingerprint density at radius 2 is 2.00 bits per heavy atom. The van der Waals surface area contributed by atoms with Crippen molar-refractivity contribution in [2.45, 2.75) is 33.2 Å². The molecule has 0 saturated heterocycles. The fourth-order valence-corrected chi connectivity index (χ4v) is 2.95. The van der Waals surface area contributed by atoms with Gasteiger partial charge in [-0.15, -0.1) is 0 Å². The van der Waals surface area contributed by atoms with Crippen LogP contribution in [0.5, 0.6) is 0 Å². The molecule has 0 aromatic heterocycles. The van der Waals surface area contributed by atoms with Crippen LogP contribution < -0.4 is 5.43 Å². The van der Waals surface area contributed by atoms with E-state index in [1.807, 2.05) is 0 Å². The molecule has 0 fully saturated rings. The summed E-state index contributed by atoms with van der Waals surface area (Å²) >= 11 is 0. The standard InChI is InChI=1S/C14H18N2/c1-14(2,3)13-11-8-9-6-4-5-7-10(9)12(11)15-16-13/h4-7,11-12,15H,8H2,1-3H3. The molecular formula is C14H18N2. The fraction of sp³-hybridized carbons (Fsp3) is 0.500. The van der Waals surface area contributed by atoms with Crippen LogP contribution in [-0.4, -0.2) is 5.71 Å². The first kappa shape index (κ1) is 9.88. The monoisotopic (exact) mass is 214 g/mol. The number of hydrazone groups is 1. The molecule has 2 atom stereocenters. The van der Waals surface area contributed by atoms with Gasteiger partial charge in [0, 0.05) is 17.0 Å². The van der Waals surface area contributed by atoms with Crippen molar-refractivity contribution in [1.29, 1.82) is 0 Å². The summed E-state index contributed by atoms with van der Waals surface area (Å²) in [6.07, 6.45) is 1.14. The third kappa shape index (κ3) is 1.29. The summed E-state index contributed by atoms with van der Waals surface area (Å²) in [5.41, 5.74) is 7.75. The summed E-state index contributed by atoms with van der Waals surface area (Å²) < 4.78 is 0. The Kier molecular flexibility index (Phi) is 1.91. The number of hydrogen-bond donors (Lipinski definition) is 1. The molecule has 0 spiro atoms. The predicted octanol–water partition coefficient (Wildman–Crippen LogP) is 2.91. The highest BCUT2D eigenvalue weighted by atomic mass is 15.3. The molecule has 1 aromatic rings. The second-order valence-corrected chi connectivity index (χ2v) is 5.86. The molecule has 2 unspecified atom stereocenters. The molecule has 0 bridgehead atoms. The van der Waals surface area contributed by atoms with Crippen molar-refractivity contribution in [2.24, 2.45) is 16.4 Å². The minimum Gasteiger partial charge on any atom is -0.302 e. The average molecular weight is 214 g/mol. The Morgan fingerprint density at radius 3 is 2.75 bits per heavy atom. The SMILES string of the molecule is CC(C)(C)C1=NNC2c3ccccc3CC12. The molecule has 16 heavy (non-hydrogen) atoms. The van der Waals surface area contributed by atoms with Crippen molar-refractivity contribution in [2.75, 3.05) is 0 Å². The molecule has 0 radical (unpaired) electrons. The predicted molar refractivity (Wildman–Crippen MR) is 66.4 cm³/mol. The maximum absolute atomic E-state index is 4.56. The van der Waals surface area contributed by atoms with E-state index in [-0.39, 0.29) is 5.41 Å². The molecular weight excluding hydrogens is 196 g/mol. The van der Waals surface area contributed by atoms with Gasteiger partial charge in [-0.3, -0.25) is 0 Å². The maximum atomic E-state index is 4.56. The third-order valence-electron chi connectivity index (χ3n) is 3.68. The van der Waals surface area contributed by atoms with Gasteiger partial charge in [0.15, 0.2) is 0 Å². The van der Waals surface area contributed by atoms with Crippen molar-refractivity contribution < 1.29 is 0 Å². The van der Waals surface area contributed by atoms with Crippen LogP contribution in [0, 0.1) is 11.3 Å². The highest BCUT2D eigenvalue weighted by Crippen LogP contribution is 2.43. The topological polar surface area (TPSA) is 24.4 Å². The Balaban J connectivity index is 1.97. The van der Waals surface area contributed by atoms with Gasteiger partial charge in [-0.1, -0.05) is 45.0 Å². The van der Waals surface area contributed by atoms with Gasteiger partial charge in [0.05, 0.1) is 6.04 Å². The lowest BCUT2D eigenvalue weighted by molar-refractivity contribution is 0.503. The fourth-order valence-electron chi connectivity index (χ4n) is 2.95. The Labute approximate surface area is 96.8 Å². The van der Waals surface area contributed by atoms with E-state index < -0.39 is 0 Å². The number of hydrogen-bond acceptors (Lipinski definition) is 2. The van der Waals surface area contributed by atoms with E-state index in [2.05, 4.69) is 55.6 Å². The van der Waals surface area contributed by atoms with Crippen LogP contribution in [0.3, 0.4) is 0 Å². The molecule has 2 heteroatoms. The molecule has 1 aliphatic heterocycles. The highest BCUT2D eigenvalue weighted by molar-refractivity contribution is 5.94. The Hall–Kier alpha value is -1.31. The minimum atomic E-state index is 0.175. The van der Waals surface area contributed by atoms with E-state index in [0.717, 1.165) is 6.42 Å². The molecule has 1 aliphatic carbocycles. The molecule has 84 valence electrons. The molecule has 2 nitrogen and oxygen atoms in total. The lowest BCUT2D eigenvalue weighted by atomic mass is 9.80. The molecule has 2 aliphatic rings. The largest absolute Gasteiger partial charge is 0.302 e. The van der Waals surface area contributed by atoms with Gasteiger partial charge in [0.25, 0.3) is 0 Å². The van der Waals surface area contributed by atoms with Gasteiger partial charge >= 0.3 is 0 Å². The smallest absolute Gasteiger partial charge is 0.0776 e. The average Bonchev–Trinajstić information content (AvgIpc) is 2.73. The molecule has 1 heterocycles. The number of rotatable bonds is 0. The first-order valence-corrected chi connectivity index (χ1v) is 5.99. The van der Waals surface area contributed by atoms with Crippen molar-refractivity contribution in [1.82, 2.24) is 5.43 Å². The quantitative estimate of drug-likeness (QED) is 0.705. The number of benzene rings is 1. The van der Waals surface area contributed by atoms with Crippen LogP contribution in [0.25, 0.3) is 0 Å². The van der Waals surface area contributed by atoms with Crippen LogP contribution in [0.1, 0.15) is 37.9 Å². The zero-order valence-corrected chi connectivity index (χ0v) is 10.1. The molecule has 0 saturated carbocycles. The van der Waals surface area contributed by atoms with Gasteiger partial charge in [0.2, 0.25) is 0 Å². The van der Waals surface area contributed by atoms with Crippen LogP contribution in [0.4, 0.5) is 0 Å². The first-order valence-electron chi connectivity index (χ1n) is 5.99. The Morgan fingerprint density at radius 1 is 1.25 bits per heavy atom. The molecule has 0 amide bonds. The third-order valence-corrected chi connectivity index (χ3v) is 3.68. The van der Waals surface area contributed by atoms with Gasteiger partial charge in [-0.2, -0.15) is 5.10 Å². The lowest BCUT2D eigenvalue weighted by Gasteiger charge is -2.23. The van der Waals surface area contributed by atoms with Crippen molar-refractivity contribution in [3.05, 3.63) is 35.4 Å². The van der Waals surface area contributed by atoms with Gasteiger partial charge in [-0.25, -0.2) is 0 Å². The van der Waals surface area contributed by atoms with E-state index in [1.54, 1.807) is 0 Å². The maximum Gasteiger partial charge on any atom is 0.0776 e. The second kappa shape index (κ2) is 3.09. The van der Waals surface area contributed by atoms with Gasteiger partial charge in [-0.05, 0) is 17.5 Å². The summed E-state index contributed by atoms with van der Waals surface area (Å²) in [6, 6.07) is 9.15. The van der Waals surface area contributed by atoms with E-state index in [9.17, 15) is 0 Å². The normalized spacial score (nSPS) is 27.1. The first-order chi connectivity index (χ1) is 7.57. The summed E-state index contributed by atoms with van der Waals surface area (Å²) in [7, 11) is 0. The molecule has 3 rings (SSSR count). The van der Waals surface area contributed by atoms with Crippen molar-refractivity contribution in [3.63, 3.8) is 0 Å². The van der Waals surface area contributed by atoms with E-state index in [0.29, 0.717) is 12.0 Å². The summed E-state index contributed by atoms with van der Waals surface area (Å²) in [6.45, 7) is 6.75. The van der Waals surface area contributed by atoms with Crippen LogP contribution in [-0.2, 0) is 6.42 Å². The van der Waals surface area contributed by atoms with E-state index in [4.69, 9.17) is 0 Å². The Bertz CT molecular complexity index is 454. The molecule has 1 N–H and O–H groups in total. The van der Waals surface area contributed by atoms with Gasteiger partial charge < -0.3 is 5.43 Å². The van der Waals surface area contributed by atoms with Gasteiger partial charge in [0.1, 0.15) is 0 Å². The van der Waals surface area contributed by atoms with Crippen molar-refractivity contribution >= 4 is 5.71 Å². The minimum absolute atomic E-state index is 0.175. The van der Waals surface area contributed by atoms with Crippen LogP contribution in [0.2, 0.25) is 0 Å². The number of nitrogens with zero attached hydrogens (tertiary/aromatic N) is 1. The summed E-state index contributed by atoms with van der Waals surface area (Å²) in [5, 5.41) is 4.56. The lowest BCUT2D eigenvalue weighted by Crippen LogP contribution is -2.27. The zero-order chi connectivity index (χ0) is 11.3. The molecule has 1 aromatic carbocycles. The highest BCUT2D eigenvalue weighted by Gasteiger charge is 2.42.